The molecule has 1 aliphatic rings. The van der Waals surface area contributed by atoms with Gasteiger partial charge in [-0.05, 0) is 48.9 Å². The standard InChI is InChI=1S/C26H23NO6/c1-15-14-16(12-13-20(15)32-2)24(29)22-23(17-8-4-7-11-21(17)33-3)27(26(31)25(22)30)18-9-5-6-10-19(18)28/h4-14,23,28-29H,1-3H3/b24-22+. The summed E-state index contributed by atoms with van der Waals surface area (Å²) in [6.45, 7) is 1.81. The number of hydrogen-bond acceptors (Lipinski definition) is 6. The molecule has 1 aliphatic heterocycles. The Morgan fingerprint density at radius 3 is 2.24 bits per heavy atom. The van der Waals surface area contributed by atoms with Crippen LogP contribution in [0.15, 0.2) is 72.3 Å². The number of carbonyl (C=O) groups is 2. The number of amides is 1. The first-order valence-corrected chi connectivity index (χ1v) is 10.3. The number of nitrogens with zero attached hydrogens (tertiary/aromatic N) is 1. The number of benzene rings is 3. The highest BCUT2D eigenvalue weighted by atomic mass is 16.5. The summed E-state index contributed by atoms with van der Waals surface area (Å²) in [6.07, 6.45) is 0. The van der Waals surface area contributed by atoms with E-state index in [0.29, 0.717) is 22.6 Å². The van der Waals surface area contributed by atoms with Crippen LogP contribution in [0.5, 0.6) is 17.2 Å². The number of aliphatic hydroxyl groups is 1. The molecule has 0 bridgehead atoms. The van der Waals surface area contributed by atoms with E-state index in [1.165, 1.54) is 18.1 Å². The van der Waals surface area contributed by atoms with Gasteiger partial charge in [0.25, 0.3) is 11.7 Å². The number of aromatic hydroxyl groups is 1. The molecule has 2 N–H and O–H groups in total. The molecule has 168 valence electrons. The van der Waals surface area contributed by atoms with Gasteiger partial charge < -0.3 is 19.7 Å². The molecule has 0 spiro atoms. The van der Waals surface area contributed by atoms with E-state index in [-0.39, 0.29) is 22.8 Å². The van der Waals surface area contributed by atoms with E-state index in [0.717, 1.165) is 5.56 Å². The number of carbonyl (C=O) groups excluding carboxylic acids is 2. The molecule has 3 aromatic rings. The lowest BCUT2D eigenvalue weighted by Crippen LogP contribution is -2.29. The van der Waals surface area contributed by atoms with Crippen LogP contribution < -0.4 is 14.4 Å². The SMILES string of the molecule is COc1ccc(/C(O)=C2\C(=O)C(=O)N(c3ccccc3O)C2c2ccccc2OC)cc1C. The van der Waals surface area contributed by atoms with Gasteiger partial charge in [0.15, 0.2) is 0 Å². The number of aryl methyl sites for hydroxylation is 1. The molecule has 1 fully saturated rings. The molecule has 1 saturated heterocycles. The van der Waals surface area contributed by atoms with Gasteiger partial charge in [0.05, 0.1) is 31.5 Å². The van der Waals surface area contributed by atoms with Gasteiger partial charge in [-0.25, -0.2) is 0 Å². The van der Waals surface area contributed by atoms with Gasteiger partial charge in [-0.1, -0.05) is 30.3 Å². The smallest absolute Gasteiger partial charge is 0.300 e. The van der Waals surface area contributed by atoms with Crippen molar-refractivity contribution in [2.45, 2.75) is 13.0 Å². The Morgan fingerprint density at radius 2 is 1.58 bits per heavy atom. The van der Waals surface area contributed by atoms with Crippen molar-refractivity contribution in [2.75, 3.05) is 19.1 Å². The summed E-state index contributed by atoms with van der Waals surface area (Å²) in [5.41, 5.74) is 1.67. The number of Topliss-reactive ketones (excluding diaryl/α,β-unsaturated/α-hetero) is 1. The molecular formula is C26H23NO6. The van der Waals surface area contributed by atoms with Crippen molar-refractivity contribution in [3.05, 3.63) is 89.0 Å². The summed E-state index contributed by atoms with van der Waals surface area (Å²) < 4.78 is 10.8. The van der Waals surface area contributed by atoms with Crippen LogP contribution in [-0.4, -0.2) is 36.1 Å². The van der Waals surface area contributed by atoms with Crippen molar-refractivity contribution in [3.8, 4) is 17.2 Å². The molecule has 3 aromatic carbocycles. The van der Waals surface area contributed by atoms with Crippen LogP contribution in [0.2, 0.25) is 0 Å². The summed E-state index contributed by atoms with van der Waals surface area (Å²) in [6, 6.07) is 17.1. The van der Waals surface area contributed by atoms with Crippen LogP contribution in [0, 0.1) is 6.92 Å². The molecule has 0 aliphatic carbocycles. The molecule has 33 heavy (non-hydrogen) atoms. The van der Waals surface area contributed by atoms with Gasteiger partial charge in [0.1, 0.15) is 23.0 Å². The maximum Gasteiger partial charge on any atom is 0.300 e. The summed E-state index contributed by atoms with van der Waals surface area (Å²) in [4.78, 5) is 27.7. The van der Waals surface area contributed by atoms with Gasteiger partial charge in [-0.3, -0.25) is 14.5 Å². The van der Waals surface area contributed by atoms with E-state index >= 15 is 0 Å². The van der Waals surface area contributed by atoms with E-state index in [2.05, 4.69) is 0 Å². The van der Waals surface area contributed by atoms with Gasteiger partial charge in [-0.2, -0.15) is 0 Å². The maximum atomic E-state index is 13.3. The molecular weight excluding hydrogens is 422 g/mol. The van der Waals surface area contributed by atoms with Gasteiger partial charge in [-0.15, -0.1) is 0 Å². The molecule has 1 amide bonds. The number of aliphatic hydroxyl groups excluding tert-OH is 1. The molecule has 0 saturated carbocycles. The van der Waals surface area contributed by atoms with Crippen LogP contribution in [-0.2, 0) is 9.59 Å². The third-order valence-corrected chi connectivity index (χ3v) is 5.69. The Labute approximate surface area is 191 Å². The lowest BCUT2D eigenvalue weighted by atomic mass is 9.94. The van der Waals surface area contributed by atoms with Crippen LogP contribution in [0.1, 0.15) is 22.7 Å². The Morgan fingerprint density at radius 1 is 0.909 bits per heavy atom. The normalized spacial score (nSPS) is 17.3. The van der Waals surface area contributed by atoms with Crippen molar-refractivity contribution >= 4 is 23.1 Å². The van der Waals surface area contributed by atoms with E-state index in [9.17, 15) is 19.8 Å². The highest BCUT2D eigenvalue weighted by Gasteiger charge is 2.48. The Balaban J connectivity index is 2.00. The number of phenolic OH excluding ortho intramolecular Hbond substituents is 1. The number of phenols is 1. The van der Waals surface area contributed by atoms with Crippen molar-refractivity contribution in [1.29, 1.82) is 0 Å². The van der Waals surface area contributed by atoms with Crippen molar-refractivity contribution in [2.24, 2.45) is 0 Å². The number of para-hydroxylation sites is 3. The van der Waals surface area contributed by atoms with E-state index in [4.69, 9.17) is 9.47 Å². The molecule has 1 heterocycles. The van der Waals surface area contributed by atoms with Gasteiger partial charge in [0.2, 0.25) is 0 Å². The lowest BCUT2D eigenvalue weighted by Gasteiger charge is -2.27. The molecule has 0 aromatic heterocycles. The van der Waals surface area contributed by atoms with Crippen LogP contribution in [0.4, 0.5) is 5.69 Å². The Kier molecular flexibility index (Phi) is 5.79. The Hall–Kier alpha value is -4.26. The van der Waals surface area contributed by atoms with Gasteiger partial charge >= 0.3 is 0 Å². The highest BCUT2D eigenvalue weighted by Crippen LogP contribution is 2.46. The number of rotatable bonds is 5. The molecule has 7 heteroatoms. The first-order chi connectivity index (χ1) is 15.9. The first kappa shape index (κ1) is 22.0. The third-order valence-electron chi connectivity index (χ3n) is 5.69. The summed E-state index contributed by atoms with van der Waals surface area (Å²) >= 11 is 0. The first-order valence-electron chi connectivity index (χ1n) is 10.3. The minimum Gasteiger partial charge on any atom is -0.507 e. The minimum atomic E-state index is -1.02. The summed E-state index contributed by atoms with van der Waals surface area (Å²) in [5.74, 6) is -1.16. The second-order valence-electron chi connectivity index (χ2n) is 7.58. The predicted molar refractivity (Wildman–Crippen MR) is 124 cm³/mol. The number of methoxy groups -OCH3 is 2. The minimum absolute atomic E-state index is 0.0997. The number of ether oxygens (including phenoxy) is 2. The summed E-state index contributed by atoms with van der Waals surface area (Å²) in [5, 5.41) is 21.7. The topological polar surface area (TPSA) is 96.3 Å². The molecule has 1 atom stereocenters. The largest absolute Gasteiger partial charge is 0.507 e. The zero-order chi connectivity index (χ0) is 23.7. The second kappa shape index (κ2) is 8.70. The monoisotopic (exact) mass is 445 g/mol. The maximum absolute atomic E-state index is 13.3. The fraction of sp³-hybridized carbons (Fsp3) is 0.154. The van der Waals surface area contributed by atoms with Gasteiger partial charge in [0, 0.05) is 11.1 Å². The van der Waals surface area contributed by atoms with Crippen molar-refractivity contribution < 1.29 is 29.3 Å². The number of hydrogen-bond donors (Lipinski definition) is 2. The second-order valence-corrected chi connectivity index (χ2v) is 7.58. The van der Waals surface area contributed by atoms with E-state index in [1.807, 2.05) is 6.92 Å². The number of anilines is 1. The molecule has 4 rings (SSSR count). The average molecular weight is 445 g/mol. The van der Waals surface area contributed by atoms with Crippen molar-refractivity contribution in [1.82, 2.24) is 0 Å². The van der Waals surface area contributed by atoms with Crippen LogP contribution >= 0.6 is 0 Å². The predicted octanol–water partition coefficient (Wildman–Crippen LogP) is 4.34. The fourth-order valence-corrected chi connectivity index (χ4v) is 4.12. The fourth-order valence-electron chi connectivity index (χ4n) is 4.12. The lowest BCUT2D eigenvalue weighted by molar-refractivity contribution is -0.132. The molecule has 1 unspecified atom stereocenters. The molecule has 7 nitrogen and oxygen atoms in total. The zero-order valence-electron chi connectivity index (χ0n) is 18.4. The quantitative estimate of drug-likeness (QED) is 0.345. The highest BCUT2D eigenvalue weighted by molar-refractivity contribution is 6.52. The summed E-state index contributed by atoms with van der Waals surface area (Å²) in [7, 11) is 3.03. The number of ketones is 1. The van der Waals surface area contributed by atoms with Crippen molar-refractivity contribution in [3.63, 3.8) is 0 Å². The molecule has 0 radical (unpaired) electrons. The van der Waals surface area contributed by atoms with Crippen LogP contribution in [0.3, 0.4) is 0 Å². The zero-order valence-corrected chi connectivity index (χ0v) is 18.4. The van der Waals surface area contributed by atoms with E-state index < -0.39 is 17.7 Å². The van der Waals surface area contributed by atoms with Crippen LogP contribution in [0.25, 0.3) is 5.76 Å². The van der Waals surface area contributed by atoms with E-state index in [1.54, 1.807) is 67.8 Å². The average Bonchev–Trinajstić information content (AvgIpc) is 3.09. The third kappa shape index (κ3) is 3.67. The Bertz CT molecular complexity index is 1280.